The number of likely N-dealkylation sites (tertiary alicyclic amines) is 1. The van der Waals surface area contributed by atoms with E-state index in [9.17, 15) is 48.3 Å². The van der Waals surface area contributed by atoms with Crippen LogP contribution >= 0.6 is 12.6 Å². The number of thiol groups is 1. The van der Waals surface area contributed by atoms with Crippen molar-refractivity contribution in [2.45, 2.75) is 101 Å². The monoisotopic (exact) mass is 787 g/mol. The first-order valence-electron chi connectivity index (χ1n) is 17.2. The standard InChI is InChI=1S/C31H53N11O11S/c1-15(2)11-16(32)25(48)41-20(14-54)28(51)38-17(7-8-22(33)43)27(50)39-18(5-3-9-36-31(34)35)30(53)42-10-4-6-21(42)29(52)40-19(12-23(44)45)26(49)37-13-24(46)47/h15-21,54H,3-14,32H2,1-2H3,(H2,33,43)(H,37,49)(H,38,51)(H,39,50)(H,40,52)(H,41,48)(H,44,45)(H,46,47)(H4,34,35,36)/t16-,17-,18-,19-,20-,21-/m0/s1. The maximum atomic E-state index is 14.0. The van der Waals surface area contributed by atoms with Crippen LogP contribution in [0.2, 0.25) is 0 Å². The van der Waals surface area contributed by atoms with Crippen molar-refractivity contribution < 1.29 is 53.4 Å². The molecule has 23 heteroatoms. The number of carbonyl (C=O) groups is 9. The van der Waals surface area contributed by atoms with Gasteiger partial charge in [0.25, 0.3) is 0 Å². The number of amides is 7. The minimum atomic E-state index is -1.67. The highest BCUT2D eigenvalue weighted by Gasteiger charge is 2.40. The molecule has 0 unspecified atom stereocenters. The number of aliphatic imine (C=N–C) groups is 1. The molecule has 0 aromatic heterocycles. The average molecular weight is 788 g/mol. The van der Waals surface area contributed by atoms with Gasteiger partial charge in [-0.3, -0.25) is 48.1 Å². The molecular weight excluding hydrogens is 734 g/mol. The molecule has 7 amide bonds. The second kappa shape index (κ2) is 23.5. The smallest absolute Gasteiger partial charge is 0.322 e. The van der Waals surface area contributed by atoms with Gasteiger partial charge in [0.1, 0.15) is 36.8 Å². The van der Waals surface area contributed by atoms with E-state index in [1.54, 1.807) is 0 Å². The molecule has 0 aromatic carbocycles. The Hall–Kier alpha value is -5.19. The van der Waals surface area contributed by atoms with Crippen LogP contribution in [0, 0.1) is 5.92 Å². The van der Waals surface area contributed by atoms with Gasteiger partial charge in [0.15, 0.2) is 5.96 Å². The van der Waals surface area contributed by atoms with Gasteiger partial charge in [-0.2, -0.15) is 12.6 Å². The van der Waals surface area contributed by atoms with Crippen molar-refractivity contribution in [2.24, 2.45) is 33.8 Å². The predicted octanol–water partition coefficient (Wildman–Crippen LogP) is -4.79. The van der Waals surface area contributed by atoms with Crippen LogP contribution in [-0.2, 0) is 43.2 Å². The van der Waals surface area contributed by atoms with Crippen molar-refractivity contribution in [1.29, 1.82) is 0 Å². The Labute approximate surface area is 317 Å². The van der Waals surface area contributed by atoms with Gasteiger partial charge in [0.2, 0.25) is 41.4 Å². The summed E-state index contributed by atoms with van der Waals surface area (Å²) < 4.78 is 0. The Kier molecular flexibility index (Phi) is 20.4. The maximum absolute atomic E-state index is 14.0. The summed E-state index contributed by atoms with van der Waals surface area (Å²) in [7, 11) is 0. The quantitative estimate of drug-likeness (QED) is 0.0189. The van der Waals surface area contributed by atoms with Gasteiger partial charge in [-0.1, -0.05) is 13.8 Å². The largest absolute Gasteiger partial charge is 0.481 e. The first-order chi connectivity index (χ1) is 25.3. The van der Waals surface area contributed by atoms with Crippen molar-refractivity contribution >= 4 is 71.9 Å². The number of carboxylic acid groups (broad SMARTS) is 2. The molecule has 1 aliphatic rings. The van der Waals surface area contributed by atoms with E-state index in [1.165, 1.54) is 0 Å². The van der Waals surface area contributed by atoms with E-state index in [-0.39, 0.29) is 62.8 Å². The number of nitrogens with two attached hydrogens (primary N) is 4. The molecule has 0 bridgehead atoms. The zero-order chi connectivity index (χ0) is 41.1. The number of carbonyl (C=O) groups excluding carboxylic acids is 7. The number of nitrogens with one attached hydrogen (secondary N) is 5. The van der Waals surface area contributed by atoms with E-state index >= 15 is 0 Å². The number of primary amides is 1. The van der Waals surface area contributed by atoms with Crippen LogP contribution in [-0.4, -0.2) is 136 Å². The molecule has 1 aliphatic heterocycles. The summed E-state index contributed by atoms with van der Waals surface area (Å²) in [5, 5.41) is 29.9. The summed E-state index contributed by atoms with van der Waals surface area (Å²) in [5.74, 6) is -9.11. The minimum absolute atomic E-state index is 0.0239. The lowest BCUT2D eigenvalue weighted by Crippen LogP contribution is -2.59. The summed E-state index contributed by atoms with van der Waals surface area (Å²) in [4.78, 5) is 118. The van der Waals surface area contributed by atoms with E-state index in [0.717, 1.165) is 4.90 Å². The van der Waals surface area contributed by atoms with Crippen molar-refractivity contribution in [3.8, 4) is 0 Å². The van der Waals surface area contributed by atoms with Gasteiger partial charge in [-0.05, 0) is 44.4 Å². The lowest BCUT2D eigenvalue weighted by molar-refractivity contribution is -0.144. The van der Waals surface area contributed by atoms with E-state index in [4.69, 9.17) is 28.0 Å². The van der Waals surface area contributed by atoms with Crippen LogP contribution in [0.15, 0.2) is 4.99 Å². The Morgan fingerprint density at radius 3 is 1.98 bits per heavy atom. The molecule has 0 aromatic rings. The van der Waals surface area contributed by atoms with Gasteiger partial charge < -0.3 is 64.6 Å². The number of guanidine groups is 1. The van der Waals surface area contributed by atoms with Crippen LogP contribution in [0.4, 0.5) is 0 Å². The zero-order valence-electron chi connectivity index (χ0n) is 30.2. The molecule has 54 heavy (non-hydrogen) atoms. The number of carboxylic acids is 2. The lowest BCUT2D eigenvalue weighted by Gasteiger charge is -2.30. The molecule has 6 atom stereocenters. The Morgan fingerprint density at radius 2 is 1.43 bits per heavy atom. The zero-order valence-corrected chi connectivity index (χ0v) is 31.1. The Balaban J connectivity index is 3.31. The third-order valence-electron chi connectivity index (χ3n) is 8.01. The van der Waals surface area contributed by atoms with Crippen molar-refractivity contribution in [3.63, 3.8) is 0 Å². The summed E-state index contributed by atoms with van der Waals surface area (Å²) in [6.45, 7) is 2.95. The Bertz CT molecular complexity index is 1410. The first-order valence-corrected chi connectivity index (χ1v) is 17.8. The van der Waals surface area contributed by atoms with Crippen LogP contribution in [0.25, 0.3) is 0 Å². The highest BCUT2D eigenvalue weighted by molar-refractivity contribution is 7.80. The second-order valence-electron chi connectivity index (χ2n) is 13.0. The summed E-state index contributed by atoms with van der Waals surface area (Å²) in [5.41, 5.74) is 22.0. The molecule has 15 N–H and O–H groups in total. The molecule has 1 fully saturated rings. The minimum Gasteiger partial charge on any atom is -0.481 e. The number of rotatable bonds is 24. The molecule has 0 saturated carbocycles. The van der Waals surface area contributed by atoms with Gasteiger partial charge >= 0.3 is 11.9 Å². The van der Waals surface area contributed by atoms with Gasteiger partial charge in [-0.25, -0.2) is 0 Å². The van der Waals surface area contributed by atoms with Crippen LogP contribution in [0.3, 0.4) is 0 Å². The fraction of sp³-hybridized carbons (Fsp3) is 0.677. The fourth-order valence-electron chi connectivity index (χ4n) is 5.39. The fourth-order valence-corrected chi connectivity index (χ4v) is 5.65. The number of aliphatic carboxylic acids is 2. The molecule has 0 radical (unpaired) electrons. The lowest BCUT2D eigenvalue weighted by atomic mass is 10.0. The van der Waals surface area contributed by atoms with E-state index in [2.05, 4.69) is 38.9 Å². The topological polar surface area (TPSA) is 374 Å². The molecule has 304 valence electrons. The normalized spacial score (nSPS) is 16.5. The molecule has 0 aliphatic carbocycles. The van der Waals surface area contributed by atoms with E-state index < -0.39 is 103 Å². The predicted molar refractivity (Wildman–Crippen MR) is 195 cm³/mol. The van der Waals surface area contributed by atoms with Crippen molar-refractivity contribution in [1.82, 2.24) is 31.5 Å². The summed E-state index contributed by atoms with van der Waals surface area (Å²) >= 11 is 4.14. The van der Waals surface area contributed by atoms with Gasteiger partial charge in [-0.15, -0.1) is 0 Å². The molecule has 1 saturated heterocycles. The third kappa shape index (κ3) is 17.1. The maximum Gasteiger partial charge on any atom is 0.322 e. The number of nitrogens with zero attached hydrogens (tertiary/aromatic N) is 2. The molecule has 1 rings (SSSR count). The van der Waals surface area contributed by atoms with E-state index in [1.807, 2.05) is 19.2 Å². The molecule has 1 heterocycles. The van der Waals surface area contributed by atoms with Crippen LogP contribution in [0.1, 0.15) is 65.2 Å². The average Bonchev–Trinajstić information content (AvgIpc) is 3.58. The molecular formula is C31H53N11O11S. The van der Waals surface area contributed by atoms with Gasteiger partial charge in [0, 0.05) is 25.3 Å². The molecule has 22 nitrogen and oxygen atoms in total. The first kappa shape index (κ1) is 46.8. The highest BCUT2D eigenvalue weighted by atomic mass is 32.1. The summed E-state index contributed by atoms with van der Waals surface area (Å²) in [6.07, 6.45) is -0.741. The summed E-state index contributed by atoms with van der Waals surface area (Å²) in [6, 6.07) is -7.84. The SMILES string of the molecule is CC(C)C[C@H](N)C(=O)N[C@@H](CS)C(=O)N[C@@H](CCC(N)=O)C(=O)N[C@@H](CCCN=C(N)N)C(=O)N1CCC[C@H]1C(=O)N[C@@H](CC(=O)O)C(=O)NCC(=O)O. The van der Waals surface area contributed by atoms with Crippen LogP contribution < -0.4 is 49.5 Å². The highest BCUT2D eigenvalue weighted by Crippen LogP contribution is 2.20. The Morgan fingerprint density at radius 1 is 0.815 bits per heavy atom. The van der Waals surface area contributed by atoms with Gasteiger partial charge in [0.05, 0.1) is 12.5 Å². The van der Waals surface area contributed by atoms with E-state index in [0.29, 0.717) is 12.8 Å². The number of hydrogen-bond donors (Lipinski definition) is 12. The van der Waals surface area contributed by atoms with Crippen LogP contribution in [0.5, 0.6) is 0 Å². The van der Waals surface area contributed by atoms with Crippen molar-refractivity contribution in [2.75, 3.05) is 25.4 Å². The second-order valence-corrected chi connectivity index (χ2v) is 13.4. The third-order valence-corrected chi connectivity index (χ3v) is 8.38. The number of hydrogen-bond acceptors (Lipinski definition) is 12. The molecule has 0 spiro atoms. The van der Waals surface area contributed by atoms with Crippen molar-refractivity contribution in [3.05, 3.63) is 0 Å².